The number of thiophene rings is 1. The van der Waals surface area contributed by atoms with Crippen molar-refractivity contribution in [2.75, 3.05) is 11.9 Å². The number of ether oxygens (including phenoxy) is 1. The lowest BCUT2D eigenvalue weighted by molar-refractivity contribution is -0.115. The molecule has 0 atom stereocenters. The van der Waals surface area contributed by atoms with Crippen molar-refractivity contribution in [2.45, 2.75) is 20.3 Å². The van der Waals surface area contributed by atoms with E-state index < -0.39 is 5.97 Å². The van der Waals surface area contributed by atoms with Crippen LogP contribution in [0.2, 0.25) is 0 Å². The summed E-state index contributed by atoms with van der Waals surface area (Å²) in [7, 11) is 0. The second-order valence-corrected chi connectivity index (χ2v) is 5.62. The van der Waals surface area contributed by atoms with Gasteiger partial charge in [-0.3, -0.25) is 9.78 Å². The van der Waals surface area contributed by atoms with Gasteiger partial charge in [0.25, 0.3) is 0 Å². The molecule has 0 radical (unpaired) electrons. The fourth-order valence-corrected chi connectivity index (χ4v) is 2.72. The van der Waals surface area contributed by atoms with Gasteiger partial charge < -0.3 is 10.1 Å². The number of nitrogens with zero attached hydrogens (tertiary/aromatic N) is 1. The molecule has 110 valence electrons. The van der Waals surface area contributed by atoms with Gasteiger partial charge in [0.15, 0.2) is 0 Å². The zero-order valence-corrected chi connectivity index (χ0v) is 12.7. The Morgan fingerprint density at radius 3 is 2.86 bits per heavy atom. The molecule has 0 aliphatic rings. The van der Waals surface area contributed by atoms with E-state index in [1.165, 1.54) is 11.3 Å². The van der Waals surface area contributed by atoms with Crippen LogP contribution in [0, 0.1) is 6.92 Å². The normalized spacial score (nSPS) is 10.2. The number of hydrogen-bond acceptors (Lipinski definition) is 5. The van der Waals surface area contributed by atoms with Gasteiger partial charge in [-0.05, 0) is 32.0 Å². The maximum absolute atomic E-state index is 12.0. The van der Waals surface area contributed by atoms with Crippen molar-refractivity contribution in [3.8, 4) is 0 Å². The van der Waals surface area contributed by atoms with E-state index in [0.29, 0.717) is 22.9 Å². The van der Waals surface area contributed by atoms with Crippen LogP contribution in [0.4, 0.5) is 5.00 Å². The minimum atomic E-state index is -0.421. The third kappa shape index (κ3) is 4.13. The molecule has 6 heteroatoms. The monoisotopic (exact) mass is 304 g/mol. The van der Waals surface area contributed by atoms with Crippen LogP contribution in [0.3, 0.4) is 0 Å². The van der Waals surface area contributed by atoms with Crippen LogP contribution < -0.4 is 5.32 Å². The zero-order chi connectivity index (χ0) is 15.2. The number of nitrogens with one attached hydrogen (secondary N) is 1. The summed E-state index contributed by atoms with van der Waals surface area (Å²) in [5.41, 5.74) is 1.08. The number of pyridine rings is 1. The summed E-state index contributed by atoms with van der Waals surface area (Å²) in [4.78, 5) is 28.9. The zero-order valence-electron chi connectivity index (χ0n) is 11.9. The Bertz CT molecular complexity index is 638. The van der Waals surface area contributed by atoms with Crippen LogP contribution in [0.25, 0.3) is 0 Å². The number of esters is 1. The number of anilines is 1. The van der Waals surface area contributed by atoms with E-state index in [-0.39, 0.29) is 12.3 Å². The van der Waals surface area contributed by atoms with Gasteiger partial charge in [-0.15, -0.1) is 11.3 Å². The van der Waals surface area contributed by atoms with Crippen molar-refractivity contribution in [3.05, 3.63) is 46.6 Å². The Labute approximate surface area is 127 Å². The average Bonchev–Trinajstić information content (AvgIpc) is 2.81. The summed E-state index contributed by atoms with van der Waals surface area (Å²) in [6.07, 6.45) is 1.81. The van der Waals surface area contributed by atoms with Crippen molar-refractivity contribution in [2.24, 2.45) is 0 Å². The first kappa shape index (κ1) is 15.2. The van der Waals surface area contributed by atoms with Crippen LogP contribution in [0.15, 0.2) is 30.5 Å². The minimum absolute atomic E-state index is 0.167. The van der Waals surface area contributed by atoms with Gasteiger partial charge in [0.1, 0.15) is 5.00 Å². The molecule has 2 heterocycles. The van der Waals surface area contributed by atoms with Crippen molar-refractivity contribution in [1.82, 2.24) is 4.98 Å². The molecule has 5 nitrogen and oxygen atoms in total. The fraction of sp³-hybridized carbons (Fsp3) is 0.267. The molecular formula is C15H16N2O3S. The third-order valence-electron chi connectivity index (χ3n) is 2.67. The van der Waals surface area contributed by atoms with Crippen molar-refractivity contribution >= 4 is 28.2 Å². The van der Waals surface area contributed by atoms with E-state index in [4.69, 9.17) is 4.74 Å². The lowest BCUT2D eigenvalue weighted by atomic mass is 10.2. The van der Waals surface area contributed by atoms with E-state index >= 15 is 0 Å². The number of aromatic nitrogens is 1. The molecule has 0 aliphatic carbocycles. The first-order valence-corrected chi connectivity index (χ1v) is 7.39. The molecule has 0 bridgehead atoms. The minimum Gasteiger partial charge on any atom is -0.462 e. The van der Waals surface area contributed by atoms with Crippen LogP contribution >= 0.6 is 11.3 Å². The SMILES string of the molecule is CCOC(=O)c1cc(C)sc1NC(=O)Cc1ccccn1. The highest BCUT2D eigenvalue weighted by molar-refractivity contribution is 7.16. The molecule has 0 saturated heterocycles. The number of aryl methyl sites for hydroxylation is 1. The largest absolute Gasteiger partial charge is 0.462 e. The molecular weight excluding hydrogens is 288 g/mol. The van der Waals surface area contributed by atoms with Gasteiger partial charge in [-0.2, -0.15) is 0 Å². The summed E-state index contributed by atoms with van der Waals surface area (Å²) in [5, 5.41) is 3.28. The quantitative estimate of drug-likeness (QED) is 0.862. The Balaban J connectivity index is 2.09. The summed E-state index contributed by atoms with van der Waals surface area (Å²) in [5.74, 6) is -0.629. The van der Waals surface area contributed by atoms with Crippen LogP contribution in [-0.2, 0) is 16.0 Å². The van der Waals surface area contributed by atoms with E-state index in [9.17, 15) is 9.59 Å². The van der Waals surface area contributed by atoms with Crippen molar-refractivity contribution in [3.63, 3.8) is 0 Å². The Morgan fingerprint density at radius 1 is 1.38 bits per heavy atom. The Morgan fingerprint density at radius 2 is 2.19 bits per heavy atom. The molecule has 0 aliphatic heterocycles. The highest BCUT2D eigenvalue weighted by Crippen LogP contribution is 2.28. The molecule has 21 heavy (non-hydrogen) atoms. The Kier molecular flexibility index (Phi) is 5.05. The van der Waals surface area contributed by atoms with Gasteiger partial charge in [0.05, 0.1) is 18.6 Å². The van der Waals surface area contributed by atoms with Crippen molar-refractivity contribution in [1.29, 1.82) is 0 Å². The van der Waals surface area contributed by atoms with E-state index in [0.717, 1.165) is 4.88 Å². The first-order valence-electron chi connectivity index (χ1n) is 6.57. The molecule has 0 aromatic carbocycles. The van der Waals surface area contributed by atoms with Crippen LogP contribution in [0.1, 0.15) is 27.9 Å². The summed E-state index contributed by atoms with van der Waals surface area (Å²) < 4.78 is 4.99. The summed E-state index contributed by atoms with van der Waals surface area (Å²) in [6.45, 7) is 3.92. The summed E-state index contributed by atoms with van der Waals surface area (Å²) in [6, 6.07) is 7.13. The molecule has 0 saturated carbocycles. The molecule has 1 amide bonds. The van der Waals surface area contributed by atoms with E-state index in [2.05, 4.69) is 10.3 Å². The fourth-order valence-electron chi connectivity index (χ4n) is 1.81. The number of carbonyl (C=O) groups is 2. The van der Waals surface area contributed by atoms with E-state index in [1.807, 2.05) is 13.0 Å². The molecule has 2 aromatic heterocycles. The predicted molar refractivity (Wildman–Crippen MR) is 81.6 cm³/mol. The number of rotatable bonds is 5. The van der Waals surface area contributed by atoms with Gasteiger partial charge in [-0.1, -0.05) is 6.07 Å². The standard InChI is InChI=1S/C15H16N2O3S/c1-3-20-15(19)12-8-10(2)21-14(12)17-13(18)9-11-6-4-5-7-16-11/h4-8H,3,9H2,1-2H3,(H,17,18). The lowest BCUT2D eigenvalue weighted by Gasteiger charge is -2.05. The van der Waals surface area contributed by atoms with E-state index in [1.54, 1.807) is 31.3 Å². The lowest BCUT2D eigenvalue weighted by Crippen LogP contribution is -2.16. The van der Waals surface area contributed by atoms with Crippen LogP contribution in [-0.4, -0.2) is 23.5 Å². The third-order valence-corrected chi connectivity index (χ3v) is 3.64. The second-order valence-electron chi connectivity index (χ2n) is 4.37. The number of hydrogen-bond donors (Lipinski definition) is 1. The highest BCUT2D eigenvalue weighted by Gasteiger charge is 2.18. The number of amides is 1. The smallest absolute Gasteiger partial charge is 0.341 e. The first-order chi connectivity index (χ1) is 10.1. The highest BCUT2D eigenvalue weighted by atomic mass is 32.1. The molecule has 0 fully saturated rings. The Hall–Kier alpha value is -2.21. The molecule has 2 rings (SSSR count). The molecule has 0 unspecified atom stereocenters. The molecule has 1 N–H and O–H groups in total. The maximum atomic E-state index is 12.0. The van der Waals surface area contributed by atoms with Gasteiger partial charge >= 0.3 is 5.97 Å². The predicted octanol–water partition coefficient (Wildman–Crippen LogP) is 2.81. The molecule has 2 aromatic rings. The van der Waals surface area contributed by atoms with Gasteiger partial charge in [0, 0.05) is 16.8 Å². The average molecular weight is 304 g/mol. The van der Waals surface area contributed by atoms with Crippen LogP contribution in [0.5, 0.6) is 0 Å². The number of carbonyl (C=O) groups excluding carboxylic acids is 2. The topological polar surface area (TPSA) is 68.3 Å². The molecule has 0 spiro atoms. The van der Waals surface area contributed by atoms with Gasteiger partial charge in [0.2, 0.25) is 5.91 Å². The van der Waals surface area contributed by atoms with Crippen molar-refractivity contribution < 1.29 is 14.3 Å². The second kappa shape index (κ2) is 6.99. The summed E-state index contributed by atoms with van der Waals surface area (Å²) >= 11 is 1.35. The van der Waals surface area contributed by atoms with Gasteiger partial charge in [-0.25, -0.2) is 4.79 Å². The maximum Gasteiger partial charge on any atom is 0.341 e.